The SMILES string of the molecule is COc1nc(N)c2c(n1)C(C)N(C1CC1)C2. The zero-order chi connectivity index (χ0) is 11.3. The van der Waals surface area contributed by atoms with E-state index in [2.05, 4.69) is 21.8 Å². The molecule has 1 aromatic rings. The Balaban J connectivity index is 2.01. The van der Waals surface area contributed by atoms with Crippen LogP contribution < -0.4 is 10.5 Å². The van der Waals surface area contributed by atoms with Gasteiger partial charge in [-0.1, -0.05) is 0 Å². The van der Waals surface area contributed by atoms with Crippen molar-refractivity contribution in [3.63, 3.8) is 0 Å². The van der Waals surface area contributed by atoms with Crippen molar-refractivity contribution < 1.29 is 4.74 Å². The number of anilines is 1. The Morgan fingerprint density at radius 3 is 2.75 bits per heavy atom. The predicted molar refractivity (Wildman–Crippen MR) is 60.0 cm³/mol. The van der Waals surface area contributed by atoms with E-state index in [1.54, 1.807) is 7.11 Å². The van der Waals surface area contributed by atoms with Gasteiger partial charge in [-0.3, -0.25) is 4.90 Å². The molecule has 0 bridgehead atoms. The molecule has 3 rings (SSSR count). The van der Waals surface area contributed by atoms with Crippen LogP contribution in [0, 0.1) is 0 Å². The van der Waals surface area contributed by atoms with Crippen LogP contribution in [-0.2, 0) is 6.54 Å². The lowest BCUT2D eigenvalue weighted by molar-refractivity contribution is 0.216. The van der Waals surface area contributed by atoms with E-state index >= 15 is 0 Å². The van der Waals surface area contributed by atoms with E-state index in [-0.39, 0.29) is 0 Å². The molecule has 1 fully saturated rings. The highest BCUT2D eigenvalue weighted by Gasteiger charge is 2.39. The molecule has 2 aliphatic rings. The van der Waals surface area contributed by atoms with Gasteiger partial charge in [0, 0.05) is 18.2 Å². The van der Waals surface area contributed by atoms with E-state index in [9.17, 15) is 0 Å². The normalized spacial score (nSPS) is 24.5. The van der Waals surface area contributed by atoms with Crippen LogP contribution in [0.3, 0.4) is 0 Å². The maximum absolute atomic E-state index is 5.94. The third-order valence-corrected chi connectivity index (χ3v) is 3.48. The van der Waals surface area contributed by atoms with Gasteiger partial charge >= 0.3 is 6.01 Å². The second-order valence-electron chi connectivity index (χ2n) is 4.54. The second-order valence-corrected chi connectivity index (χ2v) is 4.54. The summed E-state index contributed by atoms with van der Waals surface area (Å²) < 4.78 is 5.06. The van der Waals surface area contributed by atoms with Crippen molar-refractivity contribution in [1.29, 1.82) is 0 Å². The molecule has 0 saturated heterocycles. The first-order valence-corrected chi connectivity index (χ1v) is 5.66. The molecular weight excluding hydrogens is 204 g/mol. The molecule has 16 heavy (non-hydrogen) atoms. The Morgan fingerprint density at radius 2 is 2.12 bits per heavy atom. The number of nitrogens with two attached hydrogens (primary N) is 1. The van der Waals surface area contributed by atoms with Crippen molar-refractivity contribution in [3.8, 4) is 6.01 Å². The number of hydrogen-bond acceptors (Lipinski definition) is 5. The van der Waals surface area contributed by atoms with E-state index in [4.69, 9.17) is 10.5 Å². The quantitative estimate of drug-likeness (QED) is 0.808. The van der Waals surface area contributed by atoms with Gasteiger partial charge in [0.15, 0.2) is 0 Å². The molecule has 5 nitrogen and oxygen atoms in total. The highest BCUT2D eigenvalue weighted by molar-refractivity contribution is 5.46. The maximum atomic E-state index is 5.94. The lowest BCUT2D eigenvalue weighted by Crippen LogP contribution is -2.22. The van der Waals surface area contributed by atoms with Crippen molar-refractivity contribution >= 4 is 5.82 Å². The van der Waals surface area contributed by atoms with Crippen LogP contribution in [0.1, 0.15) is 37.1 Å². The van der Waals surface area contributed by atoms with Gasteiger partial charge < -0.3 is 10.5 Å². The summed E-state index contributed by atoms with van der Waals surface area (Å²) in [5.41, 5.74) is 8.06. The number of nitrogen functional groups attached to an aromatic ring is 1. The van der Waals surface area contributed by atoms with Gasteiger partial charge in [0.05, 0.1) is 18.8 Å². The third kappa shape index (κ3) is 1.35. The van der Waals surface area contributed by atoms with E-state index in [0.29, 0.717) is 17.9 Å². The first-order valence-electron chi connectivity index (χ1n) is 5.66. The summed E-state index contributed by atoms with van der Waals surface area (Å²) in [7, 11) is 1.57. The molecule has 0 aromatic carbocycles. The molecule has 1 aromatic heterocycles. The van der Waals surface area contributed by atoms with Crippen LogP contribution >= 0.6 is 0 Å². The van der Waals surface area contributed by atoms with Crippen molar-refractivity contribution in [1.82, 2.24) is 14.9 Å². The average Bonchev–Trinajstić information content (AvgIpc) is 3.05. The molecule has 1 aliphatic heterocycles. The van der Waals surface area contributed by atoms with E-state index < -0.39 is 0 Å². The third-order valence-electron chi connectivity index (χ3n) is 3.48. The maximum Gasteiger partial charge on any atom is 0.318 e. The van der Waals surface area contributed by atoms with Crippen molar-refractivity contribution in [2.45, 2.75) is 38.4 Å². The van der Waals surface area contributed by atoms with E-state index in [1.807, 2.05) is 0 Å². The second kappa shape index (κ2) is 3.31. The highest BCUT2D eigenvalue weighted by atomic mass is 16.5. The fourth-order valence-corrected chi connectivity index (χ4v) is 2.42. The smallest absolute Gasteiger partial charge is 0.318 e. The minimum Gasteiger partial charge on any atom is -0.467 e. The zero-order valence-electron chi connectivity index (χ0n) is 9.60. The van der Waals surface area contributed by atoms with Gasteiger partial charge in [0.25, 0.3) is 0 Å². The number of nitrogens with zero attached hydrogens (tertiary/aromatic N) is 3. The molecule has 5 heteroatoms. The van der Waals surface area contributed by atoms with Gasteiger partial charge in [-0.15, -0.1) is 0 Å². The molecule has 86 valence electrons. The number of methoxy groups -OCH3 is 1. The molecule has 2 heterocycles. The van der Waals surface area contributed by atoms with Crippen molar-refractivity contribution in [2.24, 2.45) is 0 Å². The van der Waals surface area contributed by atoms with Crippen LogP contribution in [0.15, 0.2) is 0 Å². The topological polar surface area (TPSA) is 64.3 Å². The molecule has 0 amide bonds. The van der Waals surface area contributed by atoms with Gasteiger partial charge in [-0.2, -0.15) is 9.97 Å². The van der Waals surface area contributed by atoms with Crippen LogP contribution in [0.2, 0.25) is 0 Å². The first kappa shape index (κ1) is 9.84. The summed E-state index contributed by atoms with van der Waals surface area (Å²) in [4.78, 5) is 11.0. The van der Waals surface area contributed by atoms with Gasteiger partial charge in [-0.25, -0.2) is 0 Å². The Hall–Kier alpha value is -1.36. The fourth-order valence-electron chi connectivity index (χ4n) is 2.42. The zero-order valence-corrected chi connectivity index (χ0v) is 9.60. The van der Waals surface area contributed by atoms with Crippen LogP contribution in [-0.4, -0.2) is 28.0 Å². The Morgan fingerprint density at radius 1 is 1.38 bits per heavy atom. The van der Waals surface area contributed by atoms with Crippen molar-refractivity contribution in [3.05, 3.63) is 11.3 Å². The number of fused-ring (bicyclic) bond motifs is 1. The molecular formula is C11H16N4O. The number of ether oxygens (including phenoxy) is 1. The number of aromatic nitrogens is 2. The predicted octanol–water partition coefficient (Wildman–Crippen LogP) is 1.11. The van der Waals surface area contributed by atoms with Crippen LogP contribution in [0.4, 0.5) is 5.82 Å². The molecule has 2 N–H and O–H groups in total. The molecule has 1 atom stereocenters. The summed E-state index contributed by atoms with van der Waals surface area (Å²) in [6.45, 7) is 3.06. The standard InChI is InChI=1S/C11H16N4O/c1-6-9-8(5-15(6)7-3-4-7)10(12)14-11(13-9)16-2/h6-7H,3-5H2,1-2H3,(H2,12,13,14). The summed E-state index contributed by atoms with van der Waals surface area (Å²) in [5.74, 6) is 0.567. The largest absolute Gasteiger partial charge is 0.467 e. The summed E-state index contributed by atoms with van der Waals surface area (Å²) >= 11 is 0. The molecule has 1 unspecified atom stereocenters. The number of rotatable bonds is 2. The lowest BCUT2D eigenvalue weighted by Gasteiger charge is -2.19. The summed E-state index contributed by atoms with van der Waals surface area (Å²) in [5, 5.41) is 0. The van der Waals surface area contributed by atoms with E-state index in [0.717, 1.165) is 23.8 Å². The van der Waals surface area contributed by atoms with E-state index in [1.165, 1.54) is 12.8 Å². The average molecular weight is 220 g/mol. The molecule has 1 saturated carbocycles. The Labute approximate surface area is 94.6 Å². The lowest BCUT2D eigenvalue weighted by atomic mass is 10.2. The monoisotopic (exact) mass is 220 g/mol. The molecule has 0 radical (unpaired) electrons. The Bertz CT molecular complexity index is 430. The van der Waals surface area contributed by atoms with Gasteiger partial charge in [-0.05, 0) is 19.8 Å². The summed E-state index contributed by atoms with van der Waals surface area (Å²) in [6.07, 6.45) is 2.59. The van der Waals surface area contributed by atoms with Gasteiger partial charge in [0.2, 0.25) is 0 Å². The van der Waals surface area contributed by atoms with Crippen molar-refractivity contribution in [2.75, 3.05) is 12.8 Å². The summed E-state index contributed by atoms with van der Waals surface area (Å²) in [6, 6.07) is 1.43. The molecule has 0 spiro atoms. The Kier molecular flexibility index (Phi) is 2.04. The minimum absolute atomic E-state index is 0.335. The molecule has 1 aliphatic carbocycles. The first-order chi connectivity index (χ1) is 7.70. The van der Waals surface area contributed by atoms with Crippen LogP contribution in [0.25, 0.3) is 0 Å². The minimum atomic E-state index is 0.335. The highest BCUT2D eigenvalue weighted by Crippen LogP contribution is 2.42. The fraction of sp³-hybridized carbons (Fsp3) is 0.636. The van der Waals surface area contributed by atoms with Crippen LogP contribution in [0.5, 0.6) is 6.01 Å². The number of hydrogen-bond donors (Lipinski definition) is 1. The van der Waals surface area contributed by atoms with Gasteiger partial charge in [0.1, 0.15) is 5.82 Å².